The number of methoxy groups -OCH3 is 2. The number of carbonyl (C=O) groups is 3. The average molecular weight is 606 g/mol. The van der Waals surface area contributed by atoms with Crippen LogP contribution in [0.2, 0.25) is 5.02 Å². The van der Waals surface area contributed by atoms with Gasteiger partial charge in [-0.2, -0.15) is 0 Å². The lowest BCUT2D eigenvalue weighted by Crippen LogP contribution is -2.40. The summed E-state index contributed by atoms with van der Waals surface area (Å²) in [6.45, 7) is 1.15. The molecule has 0 radical (unpaired) electrons. The quantitative estimate of drug-likeness (QED) is 0.273. The number of likely N-dealkylation sites (tertiary alicyclic amines) is 1. The van der Waals surface area contributed by atoms with Crippen molar-refractivity contribution in [2.24, 2.45) is 11.8 Å². The first-order chi connectivity index (χ1) is 20.9. The third kappa shape index (κ3) is 7.22. The van der Waals surface area contributed by atoms with E-state index < -0.39 is 6.03 Å². The number of amides is 3. The van der Waals surface area contributed by atoms with Crippen molar-refractivity contribution in [3.63, 3.8) is 0 Å². The van der Waals surface area contributed by atoms with Crippen LogP contribution in [0.15, 0.2) is 66.7 Å². The minimum absolute atomic E-state index is 0.0704. The minimum atomic E-state index is -0.455. The number of carbonyl (C=O) groups excluding carboxylic acids is 3. The maximum absolute atomic E-state index is 13.6. The number of para-hydroxylation sites is 1. The van der Waals surface area contributed by atoms with E-state index in [1.54, 1.807) is 60.7 Å². The zero-order valence-electron chi connectivity index (χ0n) is 24.3. The Hall–Kier alpha value is -4.24. The third-order valence-corrected chi connectivity index (χ3v) is 8.60. The van der Waals surface area contributed by atoms with Crippen LogP contribution in [0.5, 0.6) is 11.5 Å². The molecule has 3 unspecified atom stereocenters. The van der Waals surface area contributed by atoms with Gasteiger partial charge in [-0.25, -0.2) is 9.59 Å². The molecule has 5 rings (SSSR count). The molecule has 2 fully saturated rings. The second-order valence-electron chi connectivity index (χ2n) is 10.9. The number of rotatable bonds is 9. The fraction of sp³-hybridized carbons (Fsp3) is 0.364. The Morgan fingerprint density at radius 3 is 2.42 bits per heavy atom. The summed E-state index contributed by atoms with van der Waals surface area (Å²) in [5, 5.41) is 5.95. The van der Waals surface area contributed by atoms with Crippen molar-refractivity contribution in [2.45, 2.75) is 38.1 Å². The fourth-order valence-corrected chi connectivity index (χ4v) is 6.32. The third-order valence-electron chi connectivity index (χ3n) is 8.27. The van der Waals surface area contributed by atoms with Gasteiger partial charge in [-0.3, -0.25) is 4.79 Å². The smallest absolute Gasteiger partial charge is 0.337 e. The molecule has 0 bridgehead atoms. The molecule has 3 amide bonds. The average Bonchev–Trinajstić information content (AvgIpc) is 3.40. The van der Waals surface area contributed by atoms with E-state index in [-0.39, 0.29) is 30.3 Å². The molecular formula is C33H36ClN3O6. The number of benzene rings is 3. The van der Waals surface area contributed by atoms with Gasteiger partial charge < -0.3 is 29.7 Å². The van der Waals surface area contributed by atoms with Gasteiger partial charge in [0.1, 0.15) is 11.5 Å². The maximum atomic E-state index is 13.6. The number of nitrogens with zero attached hydrogens (tertiary/aromatic N) is 1. The van der Waals surface area contributed by atoms with Crippen LogP contribution in [0, 0.1) is 11.8 Å². The van der Waals surface area contributed by atoms with Crippen molar-refractivity contribution in [1.82, 2.24) is 4.90 Å². The van der Waals surface area contributed by atoms with Crippen LogP contribution in [0.25, 0.3) is 0 Å². The zero-order chi connectivity index (χ0) is 30.3. The van der Waals surface area contributed by atoms with Crippen molar-refractivity contribution >= 4 is 40.9 Å². The number of halogens is 1. The largest absolute Gasteiger partial charge is 0.495 e. The Morgan fingerprint density at radius 2 is 1.67 bits per heavy atom. The van der Waals surface area contributed by atoms with E-state index in [2.05, 4.69) is 10.6 Å². The summed E-state index contributed by atoms with van der Waals surface area (Å²) < 4.78 is 16.4. The summed E-state index contributed by atoms with van der Waals surface area (Å²) in [7, 11) is 2.88. The van der Waals surface area contributed by atoms with Gasteiger partial charge >= 0.3 is 12.0 Å². The Balaban J connectivity index is 1.21. The highest BCUT2D eigenvalue weighted by atomic mass is 35.5. The van der Waals surface area contributed by atoms with Crippen LogP contribution in [-0.4, -0.2) is 56.2 Å². The molecular weight excluding hydrogens is 570 g/mol. The predicted octanol–water partition coefficient (Wildman–Crippen LogP) is 6.42. The number of esters is 1. The Bertz CT molecular complexity index is 1460. The fourth-order valence-electron chi connectivity index (χ4n) is 6.14. The zero-order valence-corrected chi connectivity index (χ0v) is 25.1. The highest BCUT2D eigenvalue weighted by Gasteiger charge is 2.44. The second kappa shape index (κ2) is 13.8. The number of urea groups is 1. The molecule has 1 saturated heterocycles. The van der Waals surface area contributed by atoms with E-state index >= 15 is 0 Å². The number of nitrogens with one attached hydrogen (secondary N) is 2. The SMILES string of the molecule is COC(=O)c1ccc(OCC2CN(C(=O)Cc3ccc(NC(=O)Nc4ccccc4Cl)c(OC)c3)C3CCCCC23)cc1. The Labute approximate surface area is 256 Å². The normalized spacial score (nSPS) is 19.2. The molecule has 226 valence electrons. The van der Waals surface area contributed by atoms with Crippen molar-refractivity contribution in [3.8, 4) is 11.5 Å². The van der Waals surface area contributed by atoms with Crippen molar-refractivity contribution in [2.75, 3.05) is 38.0 Å². The van der Waals surface area contributed by atoms with E-state index in [1.165, 1.54) is 14.2 Å². The summed E-state index contributed by atoms with van der Waals surface area (Å²) in [6.07, 6.45) is 4.57. The molecule has 1 aliphatic carbocycles. The van der Waals surface area contributed by atoms with Crippen LogP contribution in [-0.2, 0) is 16.0 Å². The van der Waals surface area contributed by atoms with Crippen molar-refractivity contribution in [3.05, 3.63) is 82.9 Å². The van der Waals surface area contributed by atoms with E-state index in [0.29, 0.717) is 52.5 Å². The lowest BCUT2D eigenvalue weighted by molar-refractivity contribution is -0.132. The highest BCUT2D eigenvalue weighted by molar-refractivity contribution is 6.33. The number of hydrogen-bond acceptors (Lipinski definition) is 6. The predicted molar refractivity (Wildman–Crippen MR) is 165 cm³/mol. The molecule has 0 aromatic heterocycles. The van der Waals surface area contributed by atoms with Gasteiger partial charge in [-0.05, 0) is 72.9 Å². The van der Waals surface area contributed by atoms with Crippen LogP contribution in [0.1, 0.15) is 41.6 Å². The van der Waals surface area contributed by atoms with Gasteiger partial charge in [-0.1, -0.05) is 42.6 Å². The first-order valence-electron chi connectivity index (χ1n) is 14.5. The number of hydrogen-bond donors (Lipinski definition) is 2. The molecule has 1 heterocycles. The molecule has 1 saturated carbocycles. The maximum Gasteiger partial charge on any atom is 0.337 e. The highest BCUT2D eigenvalue weighted by Crippen LogP contribution is 2.40. The molecule has 1 aliphatic heterocycles. The molecule has 43 heavy (non-hydrogen) atoms. The summed E-state index contributed by atoms with van der Waals surface area (Å²) >= 11 is 6.15. The summed E-state index contributed by atoms with van der Waals surface area (Å²) in [4.78, 5) is 40.0. The topological polar surface area (TPSA) is 106 Å². The molecule has 10 heteroatoms. The van der Waals surface area contributed by atoms with Crippen molar-refractivity contribution in [1.29, 1.82) is 0 Å². The molecule has 3 aromatic rings. The number of anilines is 2. The van der Waals surface area contributed by atoms with E-state index in [4.69, 9.17) is 25.8 Å². The summed E-state index contributed by atoms with van der Waals surface area (Å²) in [5.41, 5.74) is 2.25. The molecule has 2 N–H and O–H groups in total. The van der Waals surface area contributed by atoms with Crippen LogP contribution >= 0.6 is 11.6 Å². The van der Waals surface area contributed by atoms with Gasteiger partial charge in [0.25, 0.3) is 0 Å². The lowest BCUT2D eigenvalue weighted by atomic mass is 9.80. The molecule has 0 spiro atoms. The molecule has 9 nitrogen and oxygen atoms in total. The van der Waals surface area contributed by atoms with Gasteiger partial charge in [0, 0.05) is 18.5 Å². The first kappa shape index (κ1) is 30.2. The minimum Gasteiger partial charge on any atom is -0.495 e. The van der Waals surface area contributed by atoms with Crippen LogP contribution in [0.3, 0.4) is 0 Å². The van der Waals surface area contributed by atoms with E-state index in [1.807, 2.05) is 11.0 Å². The van der Waals surface area contributed by atoms with E-state index in [9.17, 15) is 14.4 Å². The first-order valence-corrected chi connectivity index (χ1v) is 14.8. The van der Waals surface area contributed by atoms with Crippen molar-refractivity contribution < 1.29 is 28.6 Å². The molecule has 2 aliphatic rings. The summed E-state index contributed by atoms with van der Waals surface area (Å²) in [6, 6.07) is 19.0. The molecule has 3 aromatic carbocycles. The molecule has 3 atom stereocenters. The number of ether oxygens (including phenoxy) is 3. The van der Waals surface area contributed by atoms with Gasteiger partial charge in [0.05, 0.1) is 49.2 Å². The monoisotopic (exact) mass is 605 g/mol. The summed E-state index contributed by atoms with van der Waals surface area (Å²) in [5.74, 6) is 1.45. The van der Waals surface area contributed by atoms with Gasteiger partial charge in [0.15, 0.2) is 0 Å². The Kier molecular flexibility index (Phi) is 9.72. The number of fused-ring (bicyclic) bond motifs is 1. The lowest BCUT2D eigenvalue weighted by Gasteiger charge is -2.32. The second-order valence-corrected chi connectivity index (χ2v) is 11.3. The standard InChI is InChI=1S/C33H36ClN3O6/c1-41-30-17-21(11-16-28(30)36-33(40)35-27-9-5-4-8-26(27)34)18-31(38)37-19-23(25-7-3-6-10-29(25)37)20-43-24-14-12-22(13-15-24)32(39)42-2/h4-5,8-9,11-17,23,25,29H,3,6-7,10,18-20H2,1-2H3,(H2,35,36,40). The van der Waals surface area contributed by atoms with Gasteiger partial charge in [0.2, 0.25) is 5.91 Å². The van der Waals surface area contributed by atoms with Crippen LogP contribution in [0.4, 0.5) is 16.2 Å². The van der Waals surface area contributed by atoms with Gasteiger partial charge in [-0.15, -0.1) is 0 Å². The van der Waals surface area contributed by atoms with Crippen LogP contribution < -0.4 is 20.1 Å². The van der Waals surface area contributed by atoms with E-state index in [0.717, 1.165) is 31.2 Å². The Morgan fingerprint density at radius 1 is 0.930 bits per heavy atom.